The van der Waals surface area contributed by atoms with Gasteiger partial charge in [-0.3, -0.25) is 0 Å². The van der Waals surface area contributed by atoms with Gasteiger partial charge in [0.1, 0.15) is 5.75 Å². The van der Waals surface area contributed by atoms with Crippen LogP contribution < -0.4 is 10.5 Å². The Kier molecular flexibility index (Phi) is 3.97. The Morgan fingerprint density at radius 1 is 1.29 bits per heavy atom. The molecule has 1 aromatic carbocycles. The van der Waals surface area contributed by atoms with Gasteiger partial charge in [-0.15, -0.1) is 0 Å². The van der Waals surface area contributed by atoms with E-state index in [2.05, 4.69) is 4.98 Å². The van der Waals surface area contributed by atoms with Crippen molar-refractivity contribution in [3.63, 3.8) is 0 Å². The predicted octanol–water partition coefficient (Wildman–Crippen LogP) is 3.33. The molecule has 0 amide bonds. The van der Waals surface area contributed by atoms with E-state index >= 15 is 0 Å². The molecule has 0 spiro atoms. The number of fused-ring (bicyclic) bond motifs is 1. The number of nitrogens with two attached hydrogens (primary N) is 1. The SMILES string of the molecule is Cc1c(CO)nc2cccc(OC3CCCCC3)c2c1N. The summed E-state index contributed by atoms with van der Waals surface area (Å²) in [6.45, 7) is 1.80. The second kappa shape index (κ2) is 5.90. The quantitative estimate of drug-likeness (QED) is 0.908. The van der Waals surface area contributed by atoms with Crippen molar-refractivity contribution < 1.29 is 9.84 Å². The van der Waals surface area contributed by atoms with Crippen LogP contribution in [0.1, 0.15) is 43.4 Å². The molecule has 0 saturated heterocycles. The number of benzene rings is 1. The van der Waals surface area contributed by atoms with Crippen LogP contribution in [0.2, 0.25) is 0 Å². The summed E-state index contributed by atoms with van der Waals surface area (Å²) in [6, 6.07) is 5.81. The highest BCUT2D eigenvalue weighted by Crippen LogP contribution is 2.35. The van der Waals surface area contributed by atoms with Crippen LogP contribution in [0.15, 0.2) is 18.2 Å². The molecule has 0 bridgehead atoms. The Hall–Kier alpha value is -1.81. The highest BCUT2D eigenvalue weighted by atomic mass is 16.5. The summed E-state index contributed by atoms with van der Waals surface area (Å²) in [5.74, 6) is 0.817. The van der Waals surface area contributed by atoms with Gasteiger partial charge >= 0.3 is 0 Å². The molecular weight excluding hydrogens is 264 g/mol. The lowest BCUT2D eigenvalue weighted by Crippen LogP contribution is -2.20. The number of hydrogen-bond donors (Lipinski definition) is 2. The molecule has 0 radical (unpaired) electrons. The number of hydrogen-bond acceptors (Lipinski definition) is 4. The van der Waals surface area contributed by atoms with Crippen molar-refractivity contribution in [1.82, 2.24) is 4.98 Å². The first-order valence-electron chi connectivity index (χ1n) is 7.66. The van der Waals surface area contributed by atoms with Crippen LogP contribution in [0.4, 0.5) is 5.69 Å². The first-order valence-corrected chi connectivity index (χ1v) is 7.66. The van der Waals surface area contributed by atoms with E-state index in [1.54, 1.807) is 0 Å². The second-order valence-electron chi connectivity index (χ2n) is 5.78. The topological polar surface area (TPSA) is 68.4 Å². The Morgan fingerprint density at radius 3 is 2.76 bits per heavy atom. The fourth-order valence-electron chi connectivity index (χ4n) is 3.07. The number of aromatic nitrogens is 1. The lowest BCUT2D eigenvalue weighted by molar-refractivity contribution is 0.157. The minimum atomic E-state index is -0.0975. The first kappa shape index (κ1) is 14.1. The van der Waals surface area contributed by atoms with Crippen molar-refractivity contribution >= 4 is 16.6 Å². The monoisotopic (exact) mass is 286 g/mol. The Morgan fingerprint density at radius 2 is 2.05 bits per heavy atom. The Labute approximate surface area is 124 Å². The zero-order valence-corrected chi connectivity index (χ0v) is 12.4. The zero-order chi connectivity index (χ0) is 14.8. The number of aliphatic hydroxyl groups excluding tert-OH is 1. The van der Waals surface area contributed by atoms with Crippen molar-refractivity contribution in [1.29, 1.82) is 0 Å². The van der Waals surface area contributed by atoms with Crippen LogP contribution in [0.25, 0.3) is 10.9 Å². The van der Waals surface area contributed by atoms with Crippen LogP contribution in [0.3, 0.4) is 0 Å². The molecule has 3 rings (SSSR count). The maximum atomic E-state index is 9.38. The van der Waals surface area contributed by atoms with Gasteiger partial charge in [0, 0.05) is 5.69 Å². The fraction of sp³-hybridized carbons (Fsp3) is 0.471. The highest BCUT2D eigenvalue weighted by molar-refractivity contribution is 5.97. The maximum absolute atomic E-state index is 9.38. The van der Waals surface area contributed by atoms with Gasteiger partial charge in [0.25, 0.3) is 0 Å². The molecule has 1 aromatic heterocycles. The fourth-order valence-corrected chi connectivity index (χ4v) is 3.07. The average molecular weight is 286 g/mol. The molecule has 1 fully saturated rings. The lowest BCUT2D eigenvalue weighted by Gasteiger charge is -2.24. The van der Waals surface area contributed by atoms with Crippen molar-refractivity contribution in [2.24, 2.45) is 0 Å². The standard InChI is InChI=1S/C17H22N2O2/c1-11-14(10-20)19-13-8-5-9-15(16(13)17(11)18)21-12-6-3-2-4-7-12/h5,8-9,12,20H,2-4,6-7,10H2,1H3,(H2,18,19). The largest absolute Gasteiger partial charge is 0.490 e. The van der Waals surface area contributed by atoms with Crippen molar-refractivity contribution in [2.75, 3.05) is 5.73 Å². The third kappa shape index (κ3) is 2.68. The molecule has 21 heavy (non-hydrogen) atoms. The molecule has 2 aromatic rings. The number of rotatable bonds is 3. The molecule has 4 nitrogen and oxygen atoms in total. The number of nitrogens with zero attached hydrogens (tertiary/aromatic N) is 1. The van der Waals surface area contributed by atoms with E-state index in [0.717, 1.165) is 35.1 Å². The van der Waals surface area contributed by atoms with E-state index in [1.807, 2.05) is 25.1 Å². The summed E-state index contributed by atoms with van der Waals surface area (Å²) in [4.78, 5) is 4.50. The normalized spacial score (nSPS) is 16.3. The van der Waals surface area contributed by atoms with Gasteiger partial charge < -0.3 is 15.6 Å². The average Bonchev–Trinajstić information content (AvgIpc) is 2.52. The minimum Gasteiger partial charge on any atom is -0.490 e. The van der Waals surface area contributed by atoms with Gasteiger partial charge in [0.05, 0.1) is 29.3 Å². The summed E-state index contributed by atoms with van der Waals surface area (Å²) >= 11 is 0. The zero-order valence-electron chi connectivity index (χ0n) is 12.4. The van der Waals surface area contributed by atoms with Crippen LogP contribution in [-0.2, 0) is 6.61 Å². The molecule has 3 N–H and O–H groups in total. The van der Waals surface area contributed by atoms with Gasteiger partial charge in [-0.25, -0.2) is 4.98 Å². The van der Waals surface area contributed by atoms with Gasteiger partial charge in [0.15, 0.2) is 0 Å². The Bertz CT molecular complexity index is 649. The van der Waals surface area contributed by atoms with E-state index in [1.165, 1.54) is 19.3 Å². The summed E-state index contributed by atoms with van der Waals surface area (Å²) in [5.41, 5.74) is 9.19. The van der Waals surface area contributed by atoms with Crippen molar-refractivity contribution in [3.8, 4) is 5.75 Å². The van der Waals surface area contributed by atoms with Gasteiger partial charge in [-0.1, -0.05) is 12.5 Å². The molecule has 0 aliphatic heterocycles. The third-order valence-electron chi connectivity index (χ3n) is 4.36. The van der Waals surface area contributed by atoms with Crippen LogP contribution in [0, 0.1) is 6.92 Å². The maximum Gasteiger partial charge on any atom is 0.131 e. The minimum absolute atomic E-state index is 0.0975. The van der Waals surface area contributed by atoms with E-state index in [-0.39, 0.29) is 12.7 Å². The van der Waals surface area contributed by atoms with E-state index in [9.17, 15) is 5.11 Å². The van der Waals surface area contributed by atoms with Crippen molar-refractivity contribution in [2.45, 2.75) is 51.7 Å². The van der Waals surface area contributed by atoms with Gasteiger partial charge in [0.2, 0.25) is 0 Å². The number of nitrogen functional groups attached to an aromatic ring is 1. The molecule has 1 aliphatic carbocycles. The van der Waals surface area contributed by atoms with E-state index in [0.29, 0.717) is 11.4 Å². The molecular formula is C17H22N2O2. The van der Waals surface area contributed by atoms with Crippen molar-refractivity contribution in [3.05, 3.63) is 29.5 Å². The predicted molar refractivity (Wildman–Crippen MR) is 84.3 cm³/mol. The highest BCUT2D eigenvalue weighted by Gasteiger charge is 2.18. The van der Waals surface area contributed by atoms with Gasteiger partial charge in [-0.05, 0) is 50.3 Å². The molecule has 1 saturated carbocycles. The molecule has 1 aliphatic rings. The number of pyridine rings is 1. The van der Waals surface area contributed by atoms with Crippen LogP contribution in [-0.4, -0.2) is 16.2 Å². The lowest BCUT2D eigenvalue weighted by atomic mass is 9.97. The van der Waals surface area contributed by atoms with Gasteiger partial charge in [-0.2, -0.15) is 0 Å². The Balaban J connectivity index is 2.04. The second-order valence-corrected chi connectivity index (χ2v) is 5.78. The molecule has 0 atom stereocenters. The smallest absolute Gasteiger partial charge is 0.131 e. The number of anilines is 1. The van der Waals surface area contributed by atoms with Crippen LogP contribution >= 0.6 is 0 Å². The number of ether oxygens (including phenoxy) is 1. The summed E-state index contributed by atoms with van der Waals surface area (Å²) in [7, 11) is 0. The molecule has 1 heterocycles. The summed E-state index contributed by atoms with van der Waals surface area (Å²) in [6.07, 6.45) is 6.27. The third-order valence-corrected chi connectivity index (χ3v) is 4.36. The van der Waals surface area contributed by atoms with E-state index < -0.39 is 0 Å². The first-order chi connectivity index (χ1) is 10.2. The number of aliphatic hydroxyl groups is 1. The summed E-state index contributed by atoms with van der Waals surface area (Å²) < 4.78 is 6.20. The van der Waals surface area contributed by atoms with Crippen LogP contribution in [0.5, 0.6) is 5.75 Å². The molecule has 112 valence electrons. The summed E-state index contributed by atoms with van der Waals surface area (Å²) in [5, 5.41) is 10.3. The van der Waals surface area contributed by atoms with E-state index in [4.69, 9.17) is 10.5 Å². The molecule has 4 heteroatoms. The molecule has 0 unspecified atom stereocenters.